The minimum absolute atomic E-state index is 0.131. The molecule has 0 aliphatic carbocycles. The highest BCUT2D eigenvalue weighted by molar-refractivity contribution is 5.92. The highest BCUT2D eigenvalue weighted by atomic mass is 16.5. The zero-order valence-corrected chi connectivity index (χ0v) is 11.5. The first-order valence-electron chi connectivity index (χ1n) is 6.36. The third-order valence-corrected chi connectivity index (χ3v) is 2.56. The van der Waals surface area contributed by atoms with Gasteiger partial charge >= 0.3 is 0 Å². The number of aromatic nitrogens is 1. The van der Waals surface area contributed by atoms with Gasteiger partial charge in [0, 0.05) is 39.4 Å². The van der Waals surface area contributed by atoms with Gasteiger partial charge in [-0.3, -0.25) is 14.6 Å². The van der Waals surface area contributed by atoms with Crippen LogP contribution in [0.25, 0.3) is 0 Å². The molecular formula is C13H20N4O3. The number of pyridine rings is 1. The van der Waals surface area contributed by atoms with Gasteiger partial charge in [-0.25, -0.2) is 0 Å². The average Bonchev–Trinajstić information content (AvgIpc) is 2.47. The van der Waals surface area contributed by atoms with E-state index in [0.29, 0.717) is 25.4 Å². The fraction of sp³-hybridized carbons (Fsp3) is 0.462. The maximum Gasteiger partial charge on any atom is 0.269 e. The summed E-state index contributed by atoms with van der Waals surface area (Å²) in [6.45, 7) is 1.58. The summed E-state index contributed by atoms with van der Waals surface area (Å²) in [5.74, 6) is -0.438. The number of methoxy groups -OCH3 is 1. The Kier molecular flexibility index (Phi) is 7.23. The third kappa shape index (κ3) is 5.77. The molecule has 0 saturated carbocycles. The number of carbonyl (C=O) groups excluding carboxylic acids is 2. The van der Waals surface area contributed by atoms with Gasteiger partial charge in [-0.2, -0.15) is 0 Å². The summed E-state index contributed by atoms with van der Waals surface area (Å²) in [5, 5.41) is 5.30. The lowest BCUT2D eigenvalue weighted by atomic mass is 10.2. The third-order valence-electron chi connectivity index (χ3n) is 2.56. The van der Waals surface area contributed by atoms with Crippen molar-refractivity contribution in [2.75, 3.05) is 26.8 Å². The second-order valence-electron chi connectivity index (χ2n) is 4.10. The molecule has 0 unspecified atom stereocenters. The lowest BCUT2D eigenvalue weighted by Crippen LogP contribution is -2.32. The van der Waals surface area contributed by atoms with Crippen LogP contribution in [0.2, 0.25) is 0 Å². The molecule has 0 aliphatic heterocycles. The summed E-state index contributed by atoms with van der Waals surface area (Å²) in [5.41, 5.74) is 6.61. The van der Waals surface area contributed by atoms with E-state index in [-0.39, 0.29) is 24.8 Å². The maximum absolute atomic E-state index is 11.7. The fourth-order valence-corrected chi connectivity index (χ4v) is 1.44. The highest BCUT2D eigenvalue weighted by Gasteiger charge is 2.07. The lowest BCUT2D eigenvalue weighted by Gasteiger charge is -2.06. The van der Waals surface area contributed by atoms with Crippen molar-refractivity contribution in [3.63, 3.8) is 0 Å². The molecule has 0 saturated heterocycles. The first-order valence-corrected chi connectivity index (χ1v) is 6.36. The summed E-state index contributed by atoms with van der Waals surface area (Å²) in [6, 6.07) is 3.36. The number of nitrogens with one attached hydrogen (secondary N) is 2. The topological polar surface area (TPSA) is 106 Å². The van der Waals surface area contributed by atoms with Crippen LogP contribution in [-0.2, 0) is 16.1 Å². The number of hydrogen-bond donors (Lipinski definition) is 3. The van der Waals surface area contributed by atoms with Gasteiger partial charge in [0.15, 0.2) is 0 Å². The van der Waals surface area contributed by atoms with Gasteiger partial charge in [0.05, 0.1) is 6.61 Å². The number of ether oxygens (including phenoxy) is 1. The predicted molar refractivity (Wildman–Crippen MR) is 74.0 cm³/mol. The molecule has 7 nitrogen and oxygen atoms in total. The Morgan fingerprint density at radius 3 is 2.70 bits per heavy atom. The number of rotatable bonds is 8. The summed E-state index contributed by atoms with van der Waals surface area (Å²) in [6.07, 6.45) is 1.78. The van der Waals surface area contributed by atoms with Crippen LogP contribution in [-0.4, -0.2) is 43.6 Å². The molecule has 0 radical (unpaired) electrons. The van der Waals surface area contributed by atoms with E-state index in [1.165, 1.54) is 0 Å². The first kappa shape index (κ1) is 16.1. The number of nitrogens with zero attached hydrogens (tertiary/aromatic N) is 1. The first-order chi connectivity index (χ1) is 9.67. The van der Waals surface area contributed by atoms with Gasteiger partial charge in [0.1, 0.15) is 5.69 Å². The molecule has 1 heterocycles. The van der Waals surface area contributed by atoms with Crippen molar-refractivity contribution in [2.45, 2.75) is 13.0 Å². The molecule has 0 fully saturated rings. The van der Waals surface area contributed by atoms with Crippen LogP contribution in [0.3, 0.4) is 0 Å². The molecule has 1 aromatic heterocycles. The van der Waals surface area contributed by atoms with E-state index in [9.17, 15) is 9.59 Å². The number of amides is 2. The van der Waals surface area contributed by atoms with E-state index in [1.807, 2.05) is 0 Å². The van der Waals surface area contributed by atoms with E-state index in [2.05, 4.69) is 15.6 Å². The molecule has 1 aromatic rings. The number of hydrogen-bond acceptors (Lipinski definition) is 5. The number of nitrogens with two attached hydrogens (primary N) is 1. The summed E-state index contributed by atoms with van der Waals surface area (Å²) >= 11 is 0. The zero-order valence-electron chi connectivity index (χ0n) is 11.5. The lowest BCUT2D eigenvalue weighted by molar-refractivity contribution is -0.121. The Labute approximate surface area is 117 Å². The Bertz CT molecular complexity index is 434. The standard InChI is InChI=1S/C13H20N4O3/c1-20-7-6-15-12(18)4-5-16-13(19)11-3-2-10(8-14)9-17-11/h2-3,9H,4-8,14H2,1H3,(H,15,18)(H,16,19). The minimum Gasteiger partial charge on any atom is -0.383 e. The van der Waals surface area contributed by atoms with Crippen LogP contribution >= 0.6 is 0 Å². The van der Waals surface area contributed by atoms with Crippen molar-refractivity contribution in [1.29, 1.82) is 0 Å². The molecule has 4 N–H and O–H groups in total. The van der Waals surface area contributed by atoms with Crippen LogP contribution in [0.15, 0.2) is 18.3 Å². The minimum atomic E-state index is -0.307. The predicted octanol–water partition coefficient (Wildman–Crippen LogP) is -0.577. The van der Waals surface area contributed by atoms with E-state index in [1.54, 1.807) is 25.4 Å². The molecule has 7 heteroatoms. The Morgan fingerprint density at radius 1 is 1.30 bits per heavy atom. The average molecular weight is 280 g/mol. The molecular weight excluding hydrogens is 260 g/mol. The Morgan fingerprint density at radius 2 is 2.10 bits per heavy atom. The highest BCUT2D eigenvalue weighted by Crippen LogP contribution is 1.99. The molecule has 0 spiro atoms. The quantitative estimate of drug-likeness (QED) is 0.553. The molecule has 0 atom stereocenters. The second-order valence-corrected chi connectivity index (χ2v) is 4.10. The van der Waals surface area contributed by atoms with Crippen molar-refractivity contribution in [1.82, 2.24) is 15.6 Å². The monoisotopic (exact) mass is 280 g/mol. The van der Waals surface area contributed by atoms with Crippen LogP contribution < -0.4 is 16.4 Å². The summed E-state index contributed by atoms with van der Waals surface area (Å²) < 4.78 is 4.81. The molecule has 2 amide bonds. The second kappa shape index (κ2) is 9.00. The SMILES string of the molecule is COCCNC(=O)CCNC(=O)c1ccc(CN)cn1. The molecule has 0 bridgehead atoms. The van der Waals surface area contributed by atoms with Crippen LogP contribution in [0.1, 0.15) is 22.5 Å². The van der Waals surface area contributed by atoms with Gasteiger partial charge in [-0.05, 0) is 11.6 Å². The van der Waals surface area contributed by atoms with Gasteiger partial charge in [-0.1, -0.05) is 6.07 Å². The van der Waals surface area contributed by atoms with E-state index >= 15 is 0 Å². The fourth-order valence-electron chi connectivity index (χ4n) is 1.44. The van der Waals surface area contributed by atoms with Crippen LogP contribution in [0.4, 0.5) is 0 Å². The number of carbonyl (C=O) groups is 2. The molecule has 0 aliphatic rings. The van der Waals surface area contributed by atoms with E-state index < -0.39 is 0 Å². The normalized spacial score (nSPS) is 10.1. The Hall–Kier alpha value is -1.99. The van der Waals surface area contributed by atoms with Crippen LogP contribution in [0, 0.1) is 0 Å². The smallest absolute Gasteiger partial charge is 0.269 e. The molecule has 0 aromatic carbocycles. The van der Waals surface area contributed by atoms with Gasteiger partial charge in [-0.15, -0.1) is 0 Å². The van der Waals surface area contributed by atoms with E-state index in [4.69, 9.17) is 10.5 Å². The summed E-state index contributed by atoms with van der Waals surface area (Å²) in [4.78, 5) is 27.1. The Balaban J connectivity index is 2.27. The van der Waals surface area contributed by atoms with Gasteiger partial charge in [0.2, 0.25) is 5.91 Å². The van der Waals surface area contributed by atoms with E-state index in [0.717, 1.165) is 5.56 Å². The molecule has 20 heavy (non-hydrogen) atoms. The van der Waals surface area contributed by atoms with Crippen LogP contribution in [0.5, 0.6) is 0 Å². The molecule has 1 rings (SSSR count). The maximum atomic E-state index is 11.7. The van der Waals surface area contributed by atoms with Crippen molar-refractivity contribution >= 4 is 11.8 Å². The zero-order chi connectivity index (χ0) is 14.8. The largest absolute Gasteiger partial charge is 0.383 e. The van der Waals surface area contributed by atoms with Gasteiger partial charge in [0.25, 0.3) is 5.91 Å². The van der Waals surface area contributed by atoms with Crippen molar-refractivity contribution in [3.05, 3.63) is 29.6 Å². The summed E-state index contributed by atoms with van der Waals surface area (Å²) in [7, 11) is 1.56. The molecule has 110 valence electrons. The van der Waals surface area contributed by atoms with Crippen molar-refractivity contribution < 1.29 is 14.3 Å². The van der Waals surface area contributed by atoms with Gasteiger partial charge < -0.3 is 21.1 Å². The van der Waals surface area contributed by atoms with Crippen molar-refractivity contribution in [2.24, 2.45) is 5.73 Å². The van der Waals surface area contributed by atoms with Crippen molar-refractivity contribution in [3.8, 4) is 0 Å².